The molecule has 0 aromatic heterocycles. The van der Waals surface area contributed by atoms with Crippen LogP contribution in [0.5, 0.6) is 5.75 Å². The summed E-state index contributed by atoms with van der Waals surface area (Å²) in [7, 11) is 1.39. The van der Waals surface area contributed by atoms with Crippen molar-refractivity contribution in [1.82, 2.24) is 35.6 Å². The maximum Gasteiger partial charge on any atom is 0.329 e. The van der Waals surface area contributed by atoms with E-state index < -0.39 is 137 Å². The number of aliphatic hydroxyl groups excluding tert-OH is 1. The first kappa shape index (κ1) is 59.8. The molecule has 1 spiro atoms. The van der Waals surface area contributed by atoms with Gasteiger partial charge in [0.05, 0.1) is 18.6 Å². The number of hydrogen-bond acceptors (Lipinski definition) is 14. The molecule has 0 saturated carbocycles. The van der Waals surface area contributed by atoms with E-state index in [2.05, 4.69) is 16.0 Å². The zero-order chi connectivity index (χ0) is 55.8. The minimum absolute atomic E-state index is 0.0478. The number of cyclic esters (lactones) is 2. The number of likely N-dealkylation sites (tertiary alicyclic amines) is 2. The van der Waals surface area contributed by atoms with Crippen molar-refractivity contribution in [3.05, 3.63) is 29.8 Å². The molecule has 7 amide bonds. The number of ketones is 1. The van der Waals surface area contributed by atoms with Crippen LogP contribution in [0.15, 0.2) is 24.3 Å². The summed E-state index contributed by atoms with van der Waals surface area (Å²) in [5.41, 5.74) is -0.837. The Balaban J connectivity index is 1.60. The lowest BCUT2D eigenvalue weighted by Gasteiger charge is -2.36. The molecular formula is C54H81N7O14. The van der Waals surface area contributed by atoms with Gasteiger partial charge in [-0.25, -0.2) is 4.79 Å². The summed E-state index contributed by atoms with van der Waals surface area (Å²) in [4.78, 5) is 147. The van der Waals surface area contributed by atoms with Crippen molar-refractivity contribution >= 4 is 59.1 Å². The standard InChI is InChI=1S/C54H81N7O14/c1-12-32(8)43-41(64)28-42(65)75-45(31(6)7)48(68)55-37(25-29(2)3)50(70)59-22-13-15-38(59)51(71)58(11)40(27-35-16-18-36(63)19-17-35)52(72)74-34(10)44(47(67)56-43)57-46(66)39(26-30(4)5)60-24-21-54(53(60)73)20-14-23-61(54)49(69)33(9)62/h16-19,29-32,34,37-41,43-45,63-64H,12-15,20-28H2,1-11H3,(H,55,68)(H,56,67)(H,57,66)/t32-,34-,37+,38+,39-,40+,41+,43?,44+,45+,54?/m0/s1. The molecule has 4 aliphatic heterocycles. The van der Waals surface area contributed by atoms with Gasteiger partial charge in [0.25, 0.3) is 11.8 Å². The Morgan fingerprint density at radius 3 is 2.12 bits per heavy atom. The predicted molar refractivity (Wildman–Crippen MR) is 273 cm³/mol. The number of Topliss-reactive ketones (excluding diaryl/α,β-unsaturated/α-hetero) is 1. The second kappa shape index (κ2) is 25.6. The molecule has 11 atom stereocenters. The van der Waals surface area contributed by atoms with Gasteiger partial charge >= 0.3 is 11.9 Å². The number of hydrogen-bond donors (Lipinski definition) is 5. The molecule has 1 aromatic carbocycles. The number of phenols is 1. The molecule has 0 aliphatic carbocycles. The summed E-state index contributed by atoms with van der Waals surface area (Å²) in [6.07, 6.45) is -3.22. The summed E-state index contributed by atoms with van der Waals surface area (Å²) in [5, 5.41) is 30.2. The highest BCUT2D eigenvalue weighted by atomic mass is 16.6. The second-order valence-electron chi connectivity index (χ2n) is 22.2. The van der Waals surface area contributed by atoms with Crippen LogP contribution in [0.25, 0.3) is 0 Å². The molecule has 21 nitrogen and oxygen atoms in total. The molecule has 1 aromatic rings. The fourth-order valence-electron chi connectivity index (χ4n) is 10.9. The van der Waals surface area contributed by atoms with Crippen molar-refractivity contribution in [3.8, 4) is 5.75 Å². The minimum atomic E-state index is -1.74. The molecule has 4 fully saturated rings. The largest absolute Gasteiger partial charge is 0.508 e. The summed E-state index contributed by atoms with van der Waals surface area (Å²) in [5.74, 6) is -9.17. The number of benzene rings is 1. The minimum Gasteiger partial charge on any atom is -0.508 e. The maximum atomic E-state index is 14.9. The number of phenolic OH excluding ortho intramolecular Hbond substituents is 1. The Hall–Kier alpha value is -6.12. The summed E-state index contributed by atoms with van der Waals surface area (Å²) < 4.78 is 11.9. The number of ether oxygens (including phenoxy) is 2. The molecule has 4 saturated heterocycles. The molecular weight excluding hydrogens is 971 g/mol. The van der Waals surface area contributed by atoms with Gasteiger partial charge in [0.1, 0.15) is 47.6 Å². The molecule has 21 heteroatoms. The van der Waals surface area contributed by atoms with Gasteiger partial charge in [-0.2, -0.15) is 0 Å². The van der Waals surface area contributed by atoms with E-state index in [0.29, 0.717) is 24.8 Å². The van der Waals surface area contributed by atoms with Crippen molar-refractivity contribution < 1.29 is 67.6 Å². The van der Waals surface area contributed by atoms with Gasteiger partial charge in [0.2, 0.25) is 35.3 Å². The van der Waals surface area contributed by atoms with Crippen LogP contribution in [-0.2, 0) is 63.8 Å². The maximum absolute atomic E-state index is 14.9. The van der Waals surface area contributed by atoms with Crippen LogP contribution in [0.4, 0.5) is 0 Å². The van der Waals surface area contributed by atoms with Crippen LogP contribution in [0.1, 0.15) is 133 Å². The number of carbonyl (C=O) groups is 10. The van der Waals surface area contributed by atoms with Gasteiger partial charge in [0, 0.05) is 40.0 Å². The van der Waals surface area contributed by atoms with E-state index in [1.165, 1.54) is 45.7 Å². The average Bonchev–Trinajstić information content (AvgIpc) is 4.10. The van der Waals surface area contributed by atoms with Crippen molar-refractivity contribution in [2.24, 2.45) is 23.7 Å². The smallest absolute Gasteiger partial charge is 0.329 e. The molecule has 75 heavy (non-hydrogen) atoms. The number of aliphatic hydroxyl groups is 1. The Morgan fingerprint density at radius 2 is 1.52 bits per heavy atom. The number of likely N-dealkylation sites (N-methyl/N-ethyl adjacent to an activating group) is 1. The van der Waals surface area contributed by atoms with E-state index in [-0.39, 0.29) is 75.7 Å². The molecule has 4 heterocycles. The third-order valence-electron chi connectivity index (χ3n) is 15.3. The quantitative estimate of drug-likeness (QED) is 0.140. The number of amides is 7. The number of esters is 2. The Kier molecular flexibility index (Phi) is 20.4. The Bertz CT molecular complexity index is 2290. The predicted octanol–water partition coefficient (Wildman–Crippen LogP) is 2.16. The van der Waals surface area contributed by atoms with Gasteiger partial charge < -0.3 is 55.2 Å². The van der Waals surface area contributed by atoms with E-state index in [1.54, 1.807) is 39.8 Å². The number of carbonyl (C=O) groups excluding carboxylic acids is 10. The highest BCUT2D eigenvalue weighted by Crippen LogP contribution is 2.40. The van der Waals surface area contributed by atoms with E-state index in [1.807, 2.05) is 27.7 Å². The molecule has 0 bridgehead atoms. The van der Waals surface area contributed by atoms with Crippen LogP contribution in [-0.4, -0.2) is 176 Å². The highest BCUT2D eigenvalue weighted by Gasteiger charge is 2.57. The number of nitrogens with zero attached hydrogens (tertiary/aromatic N) is 4. The number of rotatable bonds is 13. The summed E-state index contributed by atoms with van der Waals surface area (Å²) in [6.45, 7) is 17.1. The molecule has 2 unspecified atom stereocenters. The third-order valence-corrected chi connectivity index (χ3v) is 15.3. The first-order valence-electron chi connectivity index (χ1n) is 26.7. The molecule has 416 valence electrons. The van der Waals surface area contributed by atoms with Crippen molar-refractivity contribution in [3.63, 3.8) is 0 Å². The van der Waals surface area contributed by atoms with E-state index >= 15 is 0 Å². The Labute approximate surface area is 440 Å². The first-order valence-corrected chi connectivity index (χ1v) is 26.7. The molecule has 0 radical (unpaired) electrons. The normalized spacial score (nSPS) is 28.8. The average molecular weight is 1050 g/mol. The van der Waals surface area contributed by atoms with Crippen LogP contribution >= 0.6 is 0 Å². The lowest BCUT2D eigenvalue weighted by Crippen LogP contribution is -2.62. The SMILES string of the molecule is CC[C@H](C)C1NC(=O)[C@H](NC(=O)[C@H](CC(C)C)N2CCC3(CCCN3C(=O)C(C)=O)C2=O)[C@H](C)OC(=O)[C@@H](Cc2ccc(O)cc2)N(C)C(=O)[C@H]2CCCN2C(=O)[C@@H](CC(C)C)NC(=O)[C@@H](C(C)C)OC(=O)C[C@H]1O. The van der Waals surface area contributed by atoms with Crippen LogP contribution in [0.3, 0.4) is 0 Å². The number of nitrogens with one attached hydrogen (secondary N) is 3. The third kappa shape index (κ3) is 14.0. The van der Waals surface area contributed by atoms with Gasteiger partial charge in [-0.15, -0.1) is 0 Å². The van der Waals surface area contributed by atoms with E-state index in [9.17, 15) is 58.2 Å². The monoisotopic (exact) mass is 1050 g/mol. The van der Waals surface area contributed by atoms with Crippen molar-refractivity contribution in [1.29, 1.82) is 0 Å². The van der Waals surface area contributed by atoms with Crippen LogP contribution in [0, 0.1) is 23.7 Å². The van der Waals surface area contributed by atoms with Gasteiger partial charge in [-0.1, -0.05) is 73.9 Å². The molecule has 5 N–H and O–H groups in total. The van der Waals surface area contributed by atoms with E-state index in [0.717, 1.165) is 6.92 Å². The fraction of sp³-hybridized carbons (Fsp3) is 0.704. The lowest BCUT2D eigenvalue weighted by molar-refractivity contribution is -0.162. The molecule has 4 aliphatic rings. The van der Waals surface area contributed by atoms with Gasteiger partial charge in [0.15, 0.2) is 6.10 Å². The van der Waals surface area contributed by atoms with Crippen molar-refractivity contribution in [2.45, 2.75) is 194 Å². The highest BCUT2D eigenvalue weighted by molar-refractivity contribution is 6.35. The zero-order valence-electron chi connectivity index (χ0n) is 45.6. The second-order valence-corrected chi connectivity index (χ2v) is 22.2. The first-order chi connectivity index (χ1) is 35.2. The number of fused-ring (bicyclic) bond motifs is 1. The zero-order valence-corrected chi connectivity index (χ0v) is 45.6. The van der Waals surface area contributed by atoms with Crippen LogP contribution < -0.4 is 16.0 Å². The fourth-order valence-corrected chi connectivity index (χ4v) is 10.9. The lowest BCUT2D eigenvalue weighted by atomic mass is 9.92. The molecule has 5 rings (SSSR count). The summed E-state index contributed by atoms with van der Waals surface area (Å²) in [6, 6.07) is -1.83. The van der Waals surface area contributed by atoms with Crippen molar-refractivity contribution in [2.75, 3.05) is 26.7 Å². The van der Waals surface area contributed by atoms with E-state index in [4.69, 9.17) is 9.47 Å². The van der Waals surface area contributed by atoms with Gasteiger partial charge in [-0.3, -0.25) is 43.2 Å². The topological polar surface area (TPSA) is 279 Å². The Morgan fingerprint density at radius 1 is 0.853 bits per heavy atom. The summed E-state index contributed by atoms with van der Waals surface area (Å²) >= 11 is 0. The van der Waals surface area contributed by atoms with Gasteiger partial charge in [-0.05, 0) is 93.2 Å². The number of aromatic hydroxyl groups is 1. The van der Waals surface area contributed by atoms with Crippen LogP contribution in [0.2, 0.25) is 0 Å².